The number of benzene rings is 1. The van der Waals surface area contributed by atoms with Gasteiger partial charge in [-0.25, -0.2) is 4.79 Å². The molecule has 0 bridgehead atoms. The van der Waals surface area contributed by atoms with Gasteiger partial charge in [-0.2, -0.15) is 0 Å². The van der Waals surface area contributed by atoms with Crippen molar-refractivity contribution < 1.29 is 9.53 Å². The van der Waals surface area contributed by atoms with Crippen LogP contribution in [0.3, 0.4) is 0 Å². The molecule has 1 aromatic rings. The Morgan fingerprint density at radius 2 is 2.00 bits per heavy atom. The number of carbonyl (C=O) groups is 1. The normalized spacial score (nSPS) is 10.9. The van der Waals surface area contributed by atoms with Gasteiger partial charge in [-0.05, 0) is 44.2 Å². The van der Waals surface area contributed by atoms with Gasteiger partial charge < -0.3 is 4.74 Å². The zero-order valence-corrected chi connectivity index (χ0v) is 10.6. The van der Waals surface area contributed by atoms with E-state index in [-0.39, 0.29) is 5.30 Å². The van der Waals surface area contributed by atoms with Gasteiger partial charge in [0.15, 0.2) is 0 Å². The molecule has 0 aliphatic carbocycles. The van der Waals surface area contributed by atoms with Crippen LogP contribution >= 0.6 is 11.8 Å². The largest absolute Gasteiger partial charge is 0.452 e. The lowest BCUT2D eigenvalue weighted by molar-refractivity contribution is 0.0738. The zero-order valence-electron chi connectivity index (χ0n) is 9.82. The fraction of sp³-hybridized carbons (Fsp3) is 0.308. The molecular formula is C13H16O2S. The second-order valence-electron chi connectivity index (χ2n) is 4.31. The summed E-state index contributed by atoms with van der Waals surface area (Å²) in [4.78, 5) is 12.5. The molecule has 1 rings (SSSR count). The number of ether oxygens (including phenoxy) is 1. The van der Waals surface area contributed by atoms with E-state index in [0.717, 1.165) is 22.2 Å². The van der Waals surface area contributed by atoms with Gasteiger partial charge in [0, 0.05) is 4.90 Å². The minimum Gasteiger partial charge on any atom is -0.452 e. The highest BCUT2D eigenvalue weighted by atomic mass is 32.2. The summed E-state index contributed by atoms with van der Waals surface area (Å²) >= 11 is 1.09. The van der Waals surface area contributed by atoms with Gasteiger partial charge in [-0.1, -0.05) is 30.9 Å². The fourth-order valence-corrected chi connectivity index (χ4v) is 1.99. The molecule has 0 fully saturated rings. The maximum Gasteiger partial charge on any atom is 0.372 e. The van der Waals surface area contributed by atoms with E-state index in [9.17, 15) is 4.79 Å². The predicted octanol–water partition coefficient (Wildman–Crippen LogP) is 4.36. The summed E-state index contributed by atoms with van der Waals surface area (Å²) in [6.45, 7) is 9.26. The molecule has 0 aliphatic rings. The molecule has 0 radical (unpaired) electrons. The molecule has 0 atom stereocenters. The molecule has 16 heavy (non-hydrogen) atoms. The fourth-order valence-electron chi connectivity index (χ4n) is 1.10. The summed E-state index contributed by atoms with van der Waals surface area (Å²) in [7, 11) is 0. The first-order chi connectivity index (χ1) is 7.42. The summed E-state index contributed by atoms with van der Waals surface area (Å²) in [6, 6.07) is 7.60. The van der Waals surface area contributed by atoms with Crippen LogP contribution in [0.2, 0.25) is 0 Å². The molecule has 1 aromatic carbocycles. The molecule has 0 saturated heterocycles. The van der Waals surface area contributed by atoms with Gasteiger partial charge in [0.05, 0.1) is 0 Å². The molecule has 2 nitrogen and oxygen atoms in total. The van der Waals surface area contributed by atoms with Crippen molar-refractivity contribution in [1.29, 1.82) is 0 Å². The minimum atomic E-state index is -0.451. The Balaban J connectivity index is 2.73. The lowest BCUT2D eigenvalue weighted by Gasteiger charge is -2.19. The van der Waals surface area contributed by atoms with Crippen LogP contribution in [0.4, 0.5) is 4.79 Å². The van der Waals surface area contributed by atoms with Crippen LogP contribution in [0.25, 0.3) is 6.08 Å². The van der Waals surface area contributed by atoms with Crippen molar-refractivity contribution in [1.82, 2.24) is 0 Å². The topological polar surface area (TPSA) is 26.3 Å². The van der Waals surface area contributed by atoms with Crippen LogP contribution in [0, 0.1) is 0 Å². The maximum atomic E-state index is 11.6. The lowest BCUT2D eigenvalue weighted by atomic mass is 10.2. The Morgan fingerprint density at radius 1 is 1.38 bits per heavy atom. The molecule has 0 N–H and O–H groups in total. The molecule has 3 heteroatoms. The predicted molar refractivity (Wildman–Crippen MR) is 68.6 cm³/mol. The van der Waals surface area contributed by atoms with Crippen LogP contribution in [0.15, 0.2) is 35.7 Å². The van der Waals surface area contributed by atoms with E-state index < -0.39 is 5.60 Å². The van der Waals surface area contributed by atoms with Gasteiger partial charge in [0.2, 0.25) is 0 Å². The summed E-state index contributed by atoms with van der Waals surface area (Å²) in [5, 5.41) is -0.290. The smallest absolute Gasteiger partial charge is 0.372 e. The van der Waals surface area contributed by atoms with E-state index in [1.807, 2.05) is 45.0 Å². The van der Waals surface area contributed by atoms with Crippen molar-refractivity contribution in [3.05, 3.63) is 36.4 Å². The third-order valence-electron chi connectivity index (χ3n) is 1.72. The SMILES string of the molecule is C=Cc1ccccc1SC(=O)OC(C)(C)C. The maximum absolute atomic E-state index is 11.6. The van der Waals surface area contributed by atoms with E-state index in [1.54, 1.807) is 6.08 Å². The minimum absolute atomic E-state index is 0.290. The number of hydrogen-bond donors (Lipinski definition) is 0. The molecular weight excluding hydrogens is 220 g/mol. The molecule has 0 saturated carbocycles. The standard InChI is InChI=1S/C13H16O2S/c1-5-10-8-6-7-9-11(10)16-12(14)15-13(2,3)4/h5-9H,1H2,2-4H3. The average Bonchev–Trinajstić information content (AvgIpc) is 2.15. The Morgan fingerprint density at radius 3 is 2.56 bits per heavy atom. The van der Waals surface area contributed by atoms with E-state index in [1.165, 1.54) is 0 Å². The highest BCUT2D eigenvalue weighted by Gasteiger charge is 2.17. The summed E-state index contributed by atoms with van der Waals surface area (Å²) in [5.74, 6) is 0. The van der Waals surface area contributed by atoms with Gasteiger partial charge in [0.1, 0.15) is 5.60 Å². The van der Waals surface area contributed by atoms with Crippen molar-refractivity contribution >= 4 is 23.1 Å². The van der Waals surface area contributed by atoms with E-state index >= 15 is 0 Å². The summed E-state index contributed by atoms with van der Waals surface area (Å²) in [5.41, 5.74) is 0.492. The van der Waals surface area contributed by atoms with E-state index in [2.05, 4.69) is 6.58 Å². The molecule has 0 aromatic heterocycles. The number of hydrogen-bond acceptors (Lipinski definition) is 3. The molecule has 0 spiro atoms. The number of carbonyl (C=O) groups excluding carboxylic acids is 1. The molecule has 0 unspecified atom stereocenters. The average molecular weight is 236 g/mol. The van der Waals surface area contributed by atoms with Gasteiger partial charge >= 0.3 is 5.30 Å². The Bertz CT molecular complexity index is 391. The second-order valence-corrected chi connectivity index (χ2v) is 5.29. The first-order valence-electron chi connectivity index (χ1n) is 5.04. The van der Waals surface area contributed by atoms with Crippen molar-refractivity contribution in [2.24, 2.45) is 0 Å². The Labute approximate surface area is 101 Å². The number of rotatable bonds is 2. The van der Waals surface area contributed by atoms with Gasteiger partial charge in [-0.3, -0.25) is 0 Å². The third-order valence-corrected chi connectivity index (χ3v) is 2.56. The van der Waals surface area contributed by atoms with Crippen LogP contribution < -0.4 is 0 Å². The van der Waals surface area contributed by atoms with E-state index in [4.69, 9.17) is 4.74 Å². The second kappa shape index (κ2) is 5.21. The molecule has 0 aliphatic heterocycles. The molecule has 0 amide bonds. The Hall–Kier alpha value is -1.22. The summed E-state index contributed by atoms with van der Waals surface area (Å²) in [6.07, 6.45) is 1.73. The van der Waals surface area contributed by atoms with Crippen molar-refractivity contribution in [3.63, 3.8) is 0 Å². The lowest BCUT2D eigenvalue weighted by Crippen LogP contribution is -2.21. The Kier molecular flexibility index (Phi) is 4.19. The van der Waals surface area contributed by atoms with Crippen molar-refractivity contribution in [3.8, 4) is 0 Å². The van der Waals surface area contributed by atoms with E-state index in [0.29, 0.717) is 0 Å². The van der Waals surface area contributed by atoms with Crippen LogP contribution in [-0.4, -0.2) is 10.9 Å². The van der Waals surface area contributed by atoms with Crippen LogP contribution in [0.1, 0.15) is 26.3 Å². The van der Waals surface area contributed by atoms with Crippen LogP contribution in [-0.2, 0) is 4.74 Å². The van der Waals surface area contributed by atoms with Crippen molar-refractivity contribution in [2.45, 2.75) is 31.3 Å². The van der Waals surface area contributed by atoms with Crippen molar-refractivity contribution in [2.75, 3.05) is 0 Å². The van der Waals surface area contributed by atoms with Gasteiger partial charge in [0.25, 0.3) is 0 Å². The van der Waals surface area contributed by atoms with Crippen LogP contribution in [0.5, 0.6) is 0 Å². The van der Waals surface area contributed by atoms with Gasteiger partial charge in [-0.15, -0.1) is 0 Å². The molecule has 86 valence electrons. The number of thioether (sulfide) groups is 1. The summed E-state index contributed by atoms with van der Waals surface area (Å²) < 4.78 is 5.23. The molecule has 0 heterocycles. The first kappa shape index (κ1) is 12.8. The quantitative estimate of drug-likeness (QED) is 0.564. The highest BCUT2D eigenvalue weighted by Crippen LogP contribution is 2.26. The zero-order chi connectivity index (χ0) is 12.2. The highest BCUT2D eigenvalue weighted by molar-refractivity contribution is 8.13. The first-order valence-corrected chi connectivity index (χ1v) is 5.86. The third kappa shape index (κ3) is 4.11. The monoisotopic (exact) mass is 236 g/mol.